The first kappa shape index (κ1) is 17.0. The van der Waals surface area contributed by atoms with Gasteiger partial charge >= 0.3 is 0 Å². The predicted octanol–water partition coefficient (Wildman–Crippen LogP) is 2.70. The van der Waals surface area contributed by atoms with E-state index in [1.54, 1.807) is 16.5 Å². The molecule has 7 heteroatoms. The summed E-state index contributed by atoms with van der Waals surface area (Å²) in [6.45, 7) is 5.24. The molecule has 0 spiro atoms. The average molecular weight is 321 g/mol. The van der Waals surface area contributed by atoms with Crippen LogP contribution in [0.3, 0.4) is 0 Å². The molecule has 1 rings (SSSR count). The number of unbranched alkanes of at least 4 members (excludes halogenated alkanes) is 1. The lowest BCUT2D eigenvalue weighted by Crippen LogP contribution is -2.29. The van der Waals surface area contributed by atoms with Crippen molar-refractivity contribution in [2.24, 2.45) is 0 Å². The second-order valence-corrected chi connectivity index (χ2v) is 7.34. The Morgan fingerprint density at radius 1 is 1.35 bits per heavy atom. The molecule has 0 aliphatic heterocycles. The summed E-state index contributed by atoms with van der Waals surface area (Å²) in [7, 11) is 3.25. The van der Waals surface area contributed by atoms with E-state index < -0.39 is 9.05 Å². The van der Waals surface area contributed by atoms with Crippen molar-refractivity contribution >= 4 is 25.6 Å². The van der Waals surface area contributed by atoms with Crippen LogP contribution in [0.5, 0.6) is 0 Å². The zero-order valence-electron chi connectivity index (χ0n) is 12.1. The molecule has 0 aliphatic carbocycles. The SMILES string of the molecule is CCCCN(C)C(=O)c1cc(S(=O)(=O)Cl)cn1CCC. The maximum absolute atomic E-state index is 12.4. The molecule has 0 saturated heterocycles. The van der Waals surface area contributed by atoms with Gasteiger partial charge in [0.2, 0.25) is 0 Å². The molecule has 0 aromatic carbocycles. The summed E-state index contributed by atoms with van der Waals surface area (Å²) in [6.07, 6.45) is 4.13. The normalized spacial score (nSPS) is 11.6. The number of carbonyl (C=O) groups is 1. The Morgan fingerprint density at radius 2 is 2.00 bits per heavy atom. The van der Waals surface area contributed by atoms with E-state index >= 15 is 0 Å². The van der Waals surface area contributed by atoms with Gasteiger partial charge in [-0.05, 0) is 18.9 Å². The van der Waals surface area contributed by atoms with Gasteiger partial charge in [-0.1, -0.05) is 20.3 Å². The summed E-state index contributed by atoms with van der Waals surface area (Å²) < 4.78 is 24.4. The molecule has 0 saturated carbocycles. The van der Waals surface area contributed by atoms with Crippen molar-refractivity contribution in [1.29, 1.82) is 0 Å². The molecule has 0 fully saturated rings. The van der Waals surface area contributed by atoms with Crippen LogP contribution in [0.1, 0.15) is 43.6 Å². The standard InChI is InChI=1S/C13H21ClN2O3S/c1-4-6-8-15(3)13(17)12-9-11(20(14,18)19)10-16(12)7-5-2/h9-10H,4-8H2,1-3H3. The number of amides is 1. The lowest BCUT2D eigenvalue weighted by atomic mass is 10.3. The second kappa shape index (κ2) is 7.13. The van der Waals surface area contributed by atoms with Gasteiger partial charge in [0.25, 0.3) is 15.0 Å². The molecule has 1 heterocycles. The Morgan fingerprint density at radius 3 is 2.50 bits per heavy atom. The minimum atomic E-state index is -3.82. The number of rotatable bonds is 7. The maximum atomic E-state index is 12.4. The molecular weight excluding hydrogens is 300 g/mol. The number of aryl methyl sites for hydroxylation is 1. The average Bonchev–Trinajstić information content (AvgIpc) is 2.79. The quantitative estimate of drug-likeness (QED) is 0.726. The predicted molar refractivity (Wildman–Crippen MR) is 79.6 cm³/mol. The van der Waals surface area contributed by atoms with Crippen LogP contribution >= 0.6 is 10.7 Å². The van der Waals surface area contributed by atoms with E-state index in [1.165, 1.54) is 12.3 Å². The van der Waals surface area contributed by atoms with E-state index in [4.69, 9.17) is 10.7 Å². The molecule has 0 unspecified atom stereocenters. The minimum absolute atomic E-state index is 0.0279. The van der Waals surface area contributed by atoms with Crippen molar-refractivity contribution in [3.8, 4) is 0 Å². The fourth-order valence-corrected chi connectivity index (χ4v) is 2.67. The van der Waals surface area contributed by atoms with Gasteiger partial charge in [0.1, 0.15) is 10.6 Å². The van der Waals surface area contributed by atoms with Crippen LogP contribution in [-0.2, 0) is 15.6 Å². The van der Waals surface area contributed by atoms with Gasteiger partial charge in [-0.15, -0.1) is 0 Å². The summed E-state index contributed by atoms with van der Waals surface area (Å²) in [4.78, 5) is 13.9. The molecule has 0 N–H and O–H groups in total. The van der Waals surface area contributed by atoms with Crippen LogP contribution in [0.15, 0.2) is 17.2 Å². The summed E-state index contributed by atoms with van der Waals surface area (Å²) >= 11 is 0. The van der Waals surface area contributed by atoms with Crippen LogP contribution in [0.4, 0.5) is 0 Å². The van der Waals surface area contributed by atoms with Crippen molar-refractivity contribution in [2.75, 3.05) is 13.6 Å². The van der Waals surface area contributed by atoms with Gasteiger partial charge in [-0.3, -0.25) is 4.79 Å². The number of halogens is 1. The van der Waals surface area contributed by atoms with E-state index in [1.807, 2.05) is 6.92 Å². The molecule has 1 aromatic heterocycles. The van der Waals surface area contributed by atoms with Crippen molar-refractivity contribution < 1.29 is 13.2 Å². The summed E-state index contributed by atoms with van der Waals surface area (Å²) in [5.74, 6) is -0.182. The lowest BCUT2D eigenvalue weighted by Gasteiger charge is -2.17. The van der Waals surface area contributed by atoms with Crippen LogP contribution < -0.4 is 0 Å². The first-order chi connectivity index (χ1) is 9.31. The smallest absolute Gasteiger partial charge is 0.270 e. The van der Waals surface area contributed by atoms with Crippen molar-refractivity contribution in [3.63, 3.8) is 0 Å². The maximum Gasteiger partial charge on any atom is 0.270 e. The zero-order chi connectivity index (χ0) is 15.3. The molecule has 5 nitrogen and oxygen atoms in total. The third kappa shape index (κ3) is 4.24. The monoisotopic (exact) mass is 320 g/mol. The highest BCUT2D eigenvalue weighted by atomic mass is 35.7. The van der Waals surface area contributed by atoms with Crippen LogP contribution in [-0.4, -0.2) is 37.4 Å². The lowest BCUT2D eigenvalue weighted by molar-refractivity contribution is 0.0782. The van der Waals surface area contributed by atoms with E-state index in [2.05, 4.69) is 6.92 Å². The Hall–Kier alpha value is -1.01. The molecule has 0 bridgehead atoms. The fraction of sp³-hybridized carbons (Fsp3) is 0.615. The Labute approximate surface area is 124 Å². The van der Waals surface area contributed by atoms with Gasteiger partial charge in [-0.2, -0.15) is 0 Å². The van der Waals surface area contributed by atoms with Gasteiger partial charge < -0.3 is 9.47 Å². The number of hydrogen-bond donors (Lipinski definition) is 0. The molecular formula is C13H21ClN2O3S. The molecule has 1 amide bonds. The third-order valence-corrected chi connectivity index (χ3v) is 4.35. The fourth-order valence-electron chi connectivity index (χ4n) is 1.91. The van der Waals surface area contributed by atoms with Crippen LogP contribution in [0.2, 0.25) is 0 Å². The highest BCUT2D eigenvalue weighted by Crippen LogP contribution is 2.20. The van der Waals surface area contributed by atoms with Crippen LogP contribution in [0, 0.1) is 0 Å². The zero-order valence-corrected chi connectivity index (χ0v) is 13.7. The van der Waals surface area contributed by atoms with E-state index in [0.717, 1.165) is 19.3 Å². The minimum Gasteiger partial charge on any atom is -0.342 e. The van der Waals surface area contributed by atoms with Crippen molar-refractivity contribution in [1.82, 2.24) is 9.47 Å². The van der Waals surface area contributed by atoms with Crippen molar-refractivity contribution in [3.05, 3.63) is 18.0 Å². The molecule has 114 valence electrons. The van der Waals surface area contributed by atoms with E-state index in [-0.39, 0.29) is 10.8 Å². The van der Waals surface area contributed by atoms with Gasteiger partial charge in [0.15, 0.2) is 0 Å². The Kier molecular flexibility index (Phi) is 6.07. The Bertz CT molecular complexity index is 566. The first-order valence-corrected chi connectivity index (χ1v) is 9.02. The summed E-state index contributed by atoms with van der Waals surface area (Å²) in [5, 5.41) is 0. The van der Waals surface area contributed by atoms with E-state index in [0.29, 0.717) is 18.8 Å². The van der Waals surface area contributed by atoms with Gasteiger partial charge in [0.05, 0.1) is 0 Å². The van der Waals surface area contributed by atoms with Crippen molar-refractivity contribution in [2.45, 2.75) is 44.6 Å². The first-order valence-electron chi connectivity index (χ1n) is 6.71. The highest BCUT2D eigenvalue weighted by Gasteiger charge is 2.21. The van der Waals surface area contributed by atoms with Crippen LogP contribution in [0.25, 0.3) is 0 Å². The third-order valence-electron chi connectivity index (χ3n) is 3.03. The second-order valence-electron chi connectivity index (χ2n) is 4.77. The number of hydrogen-bond acceptors (Lipinski definition) is 3. The number of nitrogens with zero attached hydrogens (tertiary/aromatic N) is 2. The molecule has 0 aliphatic rings. The number of aromatic nitrogens is 1. The molecule has 0 radical (unpaired) electrons. The molecule has 1 aromatic rings. The summed E-state index contributed by atoms with van der Waals surface area (Å²) in [6, 6.07) is 1.35. The van der Waals surface area contributed by atoms with Gasteiger partial charge in [-0.25, -0.2) is 8.42 Å². The van der Waals surface area contributed by atoms with E-state index in [9.17, 15) is 13.2 Å². The summed E-state index contributed by atoms with van der Waals surface area (Å²) in [5.41, 5.74) is 0.365. The highest BCUT2D eigenvalue weighted by molar-refractivity contribution is 8.13. The largest absolute Gasteiger partial charge is 0.342 e. The van der Waals surface area contributed by atoms with Gasteiger partial charge in [0, 0.05) is 37.0 Å². The molecule has 0 atom stereocenters. The number of carbonyl (C=O) groups excluding carboxylic acids is 1. The Balaban J connectivity index is 3.08. The molecule has 20 heavy (non-hydrogen) atoms. The topological polar surface area (TPSA) is 59.4 Å².